The summed E-state index contributed by atoms with van der Waals surface area (Å²) in [6, 6.07) is 14.8. The van der Waals surface area contributed by atoms with Crippen molar-refractivity contribution in [2.24, 2.45) is 0 Å². The fourth-order valence-corrected chi connectivity index (χ4v) is 3.52. The van der Waals surface area contributed by atoms with Crippen LogP contribution in [0.15, 0.2) is 42.5 Å². The van der Waals surface area contributed by atoms with E-state index < -0.39 is 0 Å². The van der Waals surface area contributed by atoms with Gasteiger partial charge in [0.15, 0.2) is 5.17 Å². The number of benzene rings is 2. The second-order valence-corrected chi connectivity index (χ2v) is 6.95. The van der Waals surface area contributed by atoms with E-state index >= 15 is 0 Å². The lowest BCUT2D eigenvalue weighted by atomic mass is 10.1. The molecule has 2 N–H and O–H groups in total. The van der Waals surface area contributed by atoms with Gasteiger partial charge in [0.25, 0.3) is 0 Å². The van der Waals surface area contributed by atoms with Gasteiger partial charge >= 0.3 is 0 Å². The van der Waals surface area contributed by atoms with Crippen LogP contribution < -0.4 is 5.32 Å². The first-order chi connectivity index (χ1) is 11.0. The summed E-state index contributed by atoms with van der Waals surface area (Å²) >= 11 is 10.1. The van der Waals surface area contributed by atoms with Crippen LogP contribution in [0.5, 0.6) is 0 Å². The lowest BCUT2D eigenvalue weighted by molar-refractivity contribution is 0.241. The monoisotopic (exact) mass is 345 g/mol. The molecule has 0 bridgehead atoms. The van der Waals surface area contributed by atoms with E-state index in [2.05, 4.69) is 48.1 Å². The number of amidine groups is 1. The number of halogens is 1. The van der Waals surface area contributed by atoms with Crippen molar-refractivity contribution in [3.05, 3.63) is 64.2 Å². The average Bonchev–Trinajstić information content (AvgIpc) is 2.90. The van der Waals surface area contributed by atoms with Crippen molar-refractivity contribution in [3.63, 3.8) is 0 Å². The maximum absolute atomic E-state index is 7.41. The quantitative estimate of drug-likeness (QED) is 0.441. The number of hydrogen-bond donors (Lipinski definition) is 3. The zero-order valence-electron chi connectivity index (χ0n) is 13.0. The highest BCUT2D eigenvalue weighted by Crippen LogP contribution is 2.28. The molecular formula is C18H20ClN3S. The second-order valence-electron chi connectivity index (χ2n) is 6.06. The molecule has 120 valence electrons. The molecule has 1 aliphatic rings. The molecule has 0 heterocycles. The van der Waals surface area contributed by atoms with Gasteiger partial charge in [0.2, 0.25) is 0 Å². The predicted octanol–water partition coefficient (Wildman–Crippen LogP) is 4.22. The van der Waals surface area contributed by atoms with Crippen molar-refractivity contribution in [1.82, 2.24) is 4.90 Å². The van der Waals surface area contributed by atoms with Gasteiger partial charge in [-0.15, -0.1) is 12.6 Å². The maximum atomic E-state index is 7.41. The maximum Gasteiger partial charge on any atom is 0.155 e. The van der Waals surface area contributed by atoms with Gasteiger partial charge in [0, 0.05) is 23.3 Å². The minimum Gasteiger partial charge on any atom is -0.335 e. The largest absolute Gasteiger partial charge is 0.335 e. The standard InChI is InChI=1S/C18H20ClN3S/c1-22(11-12-3-2-4-15(19)7-12)17-9-13-5-6-16(21-18(20)23)8-14(13)10-17/h2-8,17H,9-11H2,1H3,(H3,20,21,23). The third-order valence-electron chi connectivity index (χ3n) is 4.32. The molecular weight excluding hydrogens is 326 g/mol. The van der Waals surface area contributed by atoms with Gasteiger partial charge in [0.05, 0.1) is 0 Å². The Bertz CT molecular complexity index is 732. The summed E-state index contributed by atoms with van der Waals surface area (Å²) in [4.78, 5) is 2.39. The van der Waals surface area contributed by atoms with Gasteiger partial charge in [-0.05, 0) is 60.8 Å². The second kappa shape index (κ2) is 6.95. The van der Waals surface area contributed by atoms with Gasteiger partial charge in [0.1, 0.15) is 0 Å². The molecule has 1 atom stereocenters. The Morgan fingerprint density at radius 2 is 2.04 bits per heavy atom. The highest BCUT2D eigenvalue weighted by molar-refractivity contribution is 7.97. The SMILES string of the molecule is CN(Cc1cccc(Cl)c1)C1Cc2ccc(NC(=N)S)cc2C1. The Balaban J connectivity index is 1.67. The van der Waals surface area contributed by atoms with Crippen LogP contribution in [0.25, 0.3) is 0 Å². The van der Waals surface area contributed by atoms with Gasteiger partial charge in [-0.3, -0.25) is 10.3 Å². The highest BCUT2D eigenvalue weighted by Gasteiger charge is 2.25. The molecule has 0 fully saturated rings. The van der Waals surface area contributed by atoms with E-state index in [1.54, 1.807) is 0 Å². The van der Waals surface area contributed by atoms with Crippen LogP contribution in [0.2, 0.25) is 5.02 Å². The van der Waals surface area contributed by atoms with Crippen LogP contribution in [0, 0.1) is 5.41 Å². The van der Waals surface area contributed by atoms with Crippen molar-refractivity contribution in [2.45, 2.75) is 25.4 Å². The molecule has 23 heavy (non-hydrogen) atoms. The summed E-state index contributed by atoms with van der Waals surface area (Å²) in [5.74, 6) is 0. The molecule has 3 nitrogen and oxygen atoms in total. The van der Waals surface area contributed by atoms with Crippen molar-refractivity contribution in [2.75, 3.05) is 12.4 Å². The van der Waals surface area contributed by atoms with E-state index in [0.717, 1.165) is 30.1 Å². The number of thiol groups is 1. The smallest absolute Gasteiger partial charge is 0.155 e. The Hall–Kier alpha value is -1.49. The van der Waals surface area contributed by atoms with E-state index in [1.807, 2.05) is 24.3 Å². The Morgan fingerprint density at radius 3 is 2.78 bits per heavy atom. The topological polar surface area (TPSA) is 39.1 Å². The molecule has 0 aromatic heterocycles. The van der Waals surface area contributed by atoms with E-state index in [-0.39, 0.29) is 5.17 Å². The molecule has 5 heteroatoms. The third kappa shape index (κ3) is 4.08. The van der Waals surface area contributed by atoms with Crippen molar-refractivity contribution in [3.8, 4) is 0 Å². The van der Waals surface area contributed by atoms with Crippen LogP contribution in [-0.2, 0) is 19.4 Å². The summed E-state index contributed by atoms with van der Waals surface area (Å²) < 4.78 is 0. The summed E-state index contributed by atoms with van der Waals surface area (Å²) in [6.45, 7) is 0.894. The molecule has 0 saturated heterocycles. The average molecular weight is 346 g/mol. The summed E-state index contributed by atoms with van der Waals surface area (Å²) in [5, 5.41) is 11.3. The normalized spacial score (nSPS) is 16.4. The fourth-order valence-electron chi connectivity index (χ4n) is 3.17. The van der Waals surface area contributed by atoms with Gasteiger partial charge in [-0.1, -0.05) is 29.8 Å². The van der Waals surface area contributed by atoms with Gasteiger partial charge in [-0.2, -0.15) is 0 Å². The molecule has 0 saturated carbocycles. The van der Waals surface area contributed by atoms with Crippen molar-refractivity contribution >= 4 is 35.1 Å². The van der Waals surface area contributed by atoms with Gasteiger partial charge in [-0.25, -0.2) is 0 Å². The number of hydrogen-bond acceptors (Lipinski definition) is 2. The van der Waals surface area contributed by atoms with E-state index in [0.29, 0.717) is 6.04 Å². The minimum absolute atomic E-state index is 0.164. The van der Waals surface area contributed by atoms with E-state index in [9.17, 15) is 0 Å². The number of nitrogens with zero attached hydrogens (tertiary/aromatic N) is 1. The molecule has 0 radical (unpaired) electrons. The third-order valence-corrected chi connectivity index (χ3v) is 4.67. The highest BCUT2D eigenvalue weighted by atomic mass is 35.5. The van der Waals surface area contributed by atoms with Crippen LogP contribution in [0.3, 0.4) is 0 Å². The lowest BCUT2D eigenvalue weighted by Crippen LogP contribution is -2.31. The number of nitrogens with one attached hydrogen (secondary N) is 2. The van der Waals surface area contributed by atoms with E-state index in [4.69, 9.17) is 17.0 Å². The summed E-state index contributed by atoms with van der Waals surface area (Å²) in [5.41, 5.74) is 4.92. The summed E-state index contributed by atoms with van der Waals surface area (Å²) in [6.07, 6.45) is 2.09. The number of rotatable bonds is 4. The van der Waals surface area contributed by atoms with E-state index in [1.165, 1.54) is 16.7 Å². The molecule has 1 aliphatic carbocycles. The van der Waals surface area contributed by atoms with Gasteiger partial charge < -0.3 is 5.32 Å². The molecule has 3 rings (SSSR count). The van der Waals surface area contributed by atoms with Crippen LogP contribution in [0.1, 0.15) is 16.7 Å². The molecule has 0 amide bonds. The zero-order chi connectivity index (χ0) is 16.4. The summed E-state index contributed by atoms with van der Waals surface area (Å²) in [7, 11) is 2.17. The zero-order valence-corrected chi connectivity index (χ0v) is 14.7. The first-order valence-electron chi connectivity index (χ1n) is 7.62. The molecule has 0 spiro atoms. The van der Waals surface area contributed by atoms with Crippen molar-refractivity contribution < 1.29 is 0 Å². The van der Waals surface area contributed by atoms with Crippen LogP contribution in [0.4, 0.5) is 5.69 Å². The first kappa shape index (κ1) is 16.4. The Labute approximate surface area is 147 Å². The van der Waals surface area contributed by atoms with Crippen LogP contribution in [-0.4, -0.2) is 23.2 Å². The molecule has 2 aromatic rings. The minimum atomic E-state index is 0.164. The Morgan fingerprint density at radius 1 is 1.26 bits per heavy atom. The number of likely N-dealkylation sites (N-methyl/N-ethyl adjacent to an activating group) is 1. The molecule has 0 aliphatic heterocycles. The lowest BCUT2D eigenvalue weighted by Gasteiger charge is -2.24. The molecule has 1 unspecified atom stereocenters. The Kier molecular flexibility index (Phi) is 4.95. The van der Waals surface area contributed by atoms with Crippen molar-refractivity contribution in [1.29, 1.82) is 5.41 Å². The predicted molar refractivity (Wildman–Crippen MR) is 101 cm³/mol. The number of fused-ring (bicyclic) bond motifs is 1. The fraction of sp³-hybridized carbons (Fsp3) is 0.278. The number of anilines is 1. The van der Waals surface area contributed by atoms with Crippen LogP contribution >= 0.6 is 24.2 Å². The molecule has 2 aromatic carbocycles. The first-order valence-corrected chi connectivity index (χ1v) is 8.45.